The quantitative estimate of drug-likeness (QED) is 0.723. The molecule has 0 spiro atoms. The van der Waals surface area contributed by atoms with Gasteiger partial charge in [0.2, 0.25) is 5.91 Å². The summed E-state index contributed by atoms with van der Waals surface area (Å²) in [6, 6.07) is 7.13. The molecule has 0 aliphatic rings. The first-order valence-electron chi connectivity index (χ1n) is 5.39. The number of carbonyl (C=O) groups excluding carboxylic acids is 2. The van der Waals surface area contributed by atoms with E-state index in [1.807, 2.05) is 43.4 Å². The second-order valence-corrected chi connectivity index (χ2v) is 3.87. The molecule has 0 radical (unpaired) electrons. The van der Waals surface area contributed by atoms with Crippen molar-refractivity contribution in [1.29, 1.82) is 0 Å². The molecule has 0 aliphatic heterocycles. The third-order valence-electron chi connectivity index (χ3n) is 2.49. The average Bonchev–Trinajstić information content (AvgIpc) is 2.25. The molecule has 0 saturated carbocycles. The van der Waals surface area contributed by atoms with Gasteiger partial charge >= 0.3 is 6.03 Å². The highest BCUT2D eigenvalue weighted by Gasteiger charge is 2.10. The van der Waals surface area contributed by atoms with Crippen LogP contribution in [0.4, 0.5) is 4.79 Å². The van der Waals surface area contributed by atoms with Gasteiger partial charge in [-0.2, -0.15) is 0 Å². The van der Waals surface area contributed by atoms with Crippen molar-refractivity contribution >= 4 is 11.9 Å². The molecule has 4 N–H and O–H groups in total. The van der Waals surface area contributed by atoms with Crippen LogP contribution >= 0.6 is 0 Å². The van der Waals surface area contributed by atoms with E-state index in [9.17, 15) is 9.59 Å². The lowest BCUT2D eigenvalue weighted by molar-refractivity contribution is -0.119. The van der Waals surface area contributed by atoms with Gasteiger partial charge < -0.3 is 11.1 Å². The Kier molecular flexibility index (Phi) is 4.66. The topological polar surface area (TPSA) is 84.2 Å². The molecular weight excluding hydrogens is 218 g/mol. The maximum Gasteiger partial charge on any atom is 0.318 e. The van der Waals surface area contributed by atoms with Gasteiger partial charge in [-0.15, -0.1) is 0 Å². The predicted octanol–water partition coefficient (Wildman–Crippen LogP) is 0.841. The van der Waals surface area contributed by atoms with E-state index in [0.29, 0.717) is 0 Å². The number of nitrogens with two attached hydrogens (primary N) is 1. The summed E-state index contributed by atoms with van der Waals surface area (Å²) in [6.07, 6.45) is 0. The fraction of sp³-hybridized carbons (Fsp3) is 0.333. The number of hydrogen-bond acceptors (Lipinski definition) is 3. The minimum Gasteiger partial charge on any atom is -0.351 e. The van der Waals surface area contributed by atoms with Crippen LogP contribution in [-0.4, -0.2) is 18.5 Å². The summed E-state index contributed by atoms with van der Waals surface area (Å²) in [5.41, 5.74) is 7.12. The van der Waals surface area contributed by atoms with Crippen LogP contribution < -0.4 is 16.4 Å². The second-order valence-electron chi connectivity index (χ2n) is 3.87. The first-order chi connectivity index (χ1) is 8.00. The van der Waals surface area contributed by atoms with E-state index in [0.717, 1.165) is 11.1 Å². The Labute approximate surface area is 100 Å². The molecule has 0 unspecified atom stereocenters. The van der Waals surface area contributed by atoms with Crippen LogP contribution in [-0.2, 0) is 4.79 Å². The molecule has 1 aromatic rings. The van der Waals surface area contributed by atoms with E-state index < -0.39 is 11.9 Å². The SMILES string of the molecule is Cc1ccccc1[C@@H](C)NCC(=O)NC(N)=O. The summed E-state index contributed by atoms with van der Waals surface area (Å²) in [5.74, 6) is -0.432. The molecule has 1 aromatic carbocycles. The number of primary amides is 1. The molecule has 0 fully saturated rings. The molecule has 1 rings (SSSR count). The third-order valence-corrected chi connectivity index (χ3v) is 2.49. The molecule has 92 valence electrons. The number of urea groups is 1. The zero-order chi connectivity index (χ0) is 12.8. The summed E-state index contributed by atoms with van der Waals surface area (Å²) in [7, 11) is 0. The maximum absolute atomic E-state index is 11.2. The van der Waals surface area contributed by atoms with Crippen LogP contribution in [0.15, 0.2) is 24.3 Å². The average molecular weight is 235 g/mol. The van der Waals surface area contributed by atoms with Gasteiger partial charge in [0.05, 0.1) is 6.54 Å². The normalized spacial score (nSPS) is 11.9. The number of benzene rings is 1. The molecule has 0 aliphatic carbocycles. The fourth-order valence-electron chi connectivity index (χ4n) is 1.61. The second kappa shape index (κ2) is 6.00. The maximum atomic E-state index is 11.2. The fourth-order valence-corrected chi connectivity index (χ4v) is 1.61. The van der Waals surface area contributed by atoms with Crippen molar-refractivity contribution in [3.8, 4) is 0 Å². The Morgan fingerprint density at radius 3 is 2.59 bits per heavy atom. The van der Waals surface area contributed by atoms with Crippen LogP contribution in [0, 0.1) is 6.92 Å². The van der Waals surface area contributed by atoms with Crippen molar-refractivity contribution in [3.05, 3.63) is 35.4 Å². The highest BCUT2D eigenvalue weighted by molar-refractivity contribution is 5.94. The highest BCUT2D eigenvalue weighted by atomic mass is 16.2. The van der Waals surface area contributed by atoms with Crippen molar-refractivity contribution in [1.82, 2.24) is 10.6 Å². The lowest BCUT2D eigenvalue weighted by Crippen LogP contribution is -2.41. The smallest absolute Gasteiger partial charge is 0.318 e. The lowest BCUT2D eigenvalue weighted by atomic mass is 10.0. The Morgan fingerprint density at radius 1 is 1.35 bits per heavy atom. The molecule has 5 nitrogen and oxygen atoms in total. The van der Waals surface area contributed by atoms with Gasteiger partial charge in [0, 0.05) is 6.04 Å². The molecule has 0 bridgehead atoms. The Bertz CT molecular complexity index is 418. The van der Waals surface area contributed by atoms with E-state index in [2.05, 4.69) is 5.32 Å². The monoisotopic (exact) mass is 235 g/mol. The van der Waals surface area contributed by atoms with Crippen molar-refractivity contribution in [2.24, 2.45) is 5.73 Å². The Balaban J connectivity index is 2.50. The zero-order valence-electron chi connectivity index (χ0n) is 9.99. The Morgan fingerprint density at radius 2 is 2.00 bits per heavy atom. The first-order valence-corrected chi connectivity index (χ1v) is 5.39. The molecule has 0 heterocycles. The lowest BCUT2D eigenvalue weighted by Gasteiger charge is -2.15. The number of hydrogen-bond donors (Lipinski definition) is 3. The third kappa shape index (κ3) is 4.24. The van der Waals surface area contributed by atoms with Crippen LogP contribution in [0.3, 0.4) is 0 Å². The minimum absolute atomic E-state index is 0.0369. The number of amides is 3. The molecule has 0 aromatic heterocycles. The summed E-state index contributed by atoms with van der Waals surface area (Å²) < 4.78 is 0. The summed E-state index contributed by atoms with van der Waals surface area (Å²) in [6.45, 7) is 4.02. The number of nitrogens with one attached hydrogen (secondary N) is 2. The van der Waals surface area contributed by atoms with Crippen molar-refractivity contribution in [2.75, 3.05) is 6.54 Å². The molecule has 5 heteroatoms. The van der Waals surface area contributed by atoms with Crippen LogP contribution in [0.5, 0.6) is 0 Å². The number of imide groups is 1. The van der Waals surface area contributed by atoms with Crippen LogP contribution in [0.2, 0.25) is 0 Å². The molecule has 17 heavy (non-hydrogen) atoms. The van der Waals surface area contributed by atoms with Gasteiger partial charge in [-0.25, -0.2) is 4.79 Å². The van der Waals surface area contributed by atoms with Crippen LogP contribution in [0.1, 0.15) is 24.1 Å². The van der Waals surface area contributed by atoms with Crippen LogP contribution in [0.25, 0.3) is 0 Å². The summed E-state index contributed by atoms with van der Waals surface area (Å²) >= 11 is 0. The van der Waals surface area contributed by atoms with E-state index in [-0.39, 0.29) is 12.6 Å². The molecular formula is C12H17N3O2. The summed E-state index contributed by atoms with van der Waals surface area (Å²) in [5, 5.41) is 5.03. The van der Waals surface area contributed by atoms with Crippen molar-refractivity contribution in [3.63, 3.8) is 0 Å². The molecule has 1 atom stereocenters. The van der Waals surface area contributed by atoms with E-state index >= 15 is 0 Å². The van der Waals surface area contributed by atoms with Gasteiger partial charge in [0.25, 0.3) is 0 Å². The van der Waals surface area contributed by atoms with Gasteiger partial charge in [-0.1, -0.05) is 24.3 Å². The standard InChI is InChI=1S/C12H17N3O2/c1-8-5-3-4-6-10(8)9(2)14-7-11(16)15-12(13)17/h3-6,9,14H,7H2,1-2H3,(H3,13,15,16,17)/t9-/m1/s1. The van der Waals surface area contributed by atoms with Gasteiger partial charge in [-0.3, -0.25) is 10.1 Å². The zero-order valence-corrected chi connectivity index (χ0v) is 9.99. The summed E-state index contributed by atoms with van der Waals surface area (Å²) in [4.78, 5) is 21.6. The van der Waals surface area contributed by atoms with Gasteiger partial charge in [0.1, 0.15) is 0 Å². The number of aryl methyl sites for hydroxylation is 1. The van der Waals surface area contributed by atoms with E-state index in [4.69, 9.17) is 5.73 Å². The number of rotatable bonds is 4. The minimum atomic E-state index is -0.833. The predicted molar refractivity (Wildman–Crippen MR) is 65.3 cm³/mol. The highest BCUT2D eigenvalue weighted by Crippen LogP contribution is 2.15. The van der Waals surface area contributed by atoms with Gasteiger partial charge in [-0.05, 0) is 25.0 Å². The van der Waals surface area contributed by atoms with E-state index in [1.165, 1.54) is 0 Å². The molecule has 0 saturated heterocycles. The first kappa shape index (κ1) is 13.2. The van der Waals surface area contributed by atoms with Crippen molar-refractivity contribution in [2.45, 2.75) is 19.9 Å². The number of carbonyl (C=O) groups is 2. The van der Waals surface area contributed by atoms with Crippen molar-refractivity contribution < 1.29 is 9.59 Å². The molecule has 3 amide bonds. The van der Waals surface area contributed by atoms with E-state index in [1.54, 1.807) is 0 Å². The van der Waals surface area contributed by atoms with Gasteiger partial charge in [0.15, 0.2) is 0 Å². The Hall–Kier alpha value is -1.88. The largest absolute Gasteiger partial charge is 0.351 e.